The van der Waals surface area contributed by atoms with Crippen LogP contribution in [0.15, 0.2) is 42.5 Å². The van der Waals surface area contributed by atoms with Crippen LogP contribution in [0.3, 0.4) is 0 Å². The topological polar surface area (TPSA) is 20.3 Å². The number of rotatable bonds is 2. The maximum absolute atomic E-state index is 12.5. The summed E-state index contributed by atoms with van der Waals surface area (Å²) in [4.78, 5) is 14.4. The number of benzene rings is 2. The molecule has 2 aromatic carbocycles. The summed E-state index contributed by atoms with van der Waals surface area (Å²) >= 11 is 6.14. The van der Waals surface area contributed by atoms with Gasteiger partial charge in [-0.2, -0.15) is 0 Å². The standard InChI is InChI=1S/C17H16ClNO/c1-12-5-4-7-13-9-10-19(17(12)13)16(20)11-14-6-2-3-8-15(14)18/h2-8H,9-11H2,1H3. The predicted octanol–water partition coefficient (Wildman–Crippen LogP) is 3.78. The summed E-state index contributed by atoms with van der Waals surface area (Å²) < 4.78 is 0. The molecule has 102 valence electrons. The molecule has 0 fully saturated rings. The minimum atomic E-state index is 0.117. The van der Waals surface area contributed by atoms with Crippen LogP contribution in [0, 0.1) is 6.92 Å². The SMILES string of the molecule is Cc1cccc2c1N(C(=O)Cc1ccccc1Cl)CC2. The second-order valence-corrected chi connectivity index (χ2v) is 5.55. The third kappa shape index (κ3) is 2.32. The Morgan fingerprint density at radius 2 is 2.00 bits per heavy atom. The highest BCUT2D eigenvalue weighted by Crippen LogP contribution is 2.32. The Morgan fingerprint density at radius 1 is 1.20 bits per heavy atom. The maximum atomic E-state index is 12.5. The van der Waals surface area contributed by atoms with Crippen molar-refractivity contribution in [3.63, 3.8) is 0 Å². The Labute approximate surface area is 124 Å². The summed E-state index contributed by atoms with van der Waals surface area (Å²) in [6.45, 7) is 2.82. The van der Waals surface area contributed by atoms with E-state index in [1.807, 2.05) is 29.2 Å². The van der Waals surface area contributed by atoms with Crippen molar-refractivity contribution >= 4 is 23.2 Å². The lowest BCUT2D eigenvalue weighted by Gasteiger charge is -2.19. The summed E-state index contributed by atoms with van der Waals surface area (Å²) in [5.41, 5.74) is 4.40. The largest absolute Gasteiger partial charge is 0.311 e. The molecule has 0 aromatic heterocycles. The van der Waals surface area contributed by atoms with Crippen molar-refractivity contribution in [1.29, 1.82) is 0 Å². The van der Waals surface area contributed by atoms with Gasteiger partial charge in [-0.3, -0.25) is 4.79 Å². The van der Waals surface area contributed by atoms with E-state index in [1.54, 1.807) is 0 Å². The molecule has 2 nitrogen and oxygen atoms in total. The zero-order valence-corrected chi connectivity index (χ0v) is 12.2. The number of halogens is 1. The minimum Gasteiger partial charge on any atom is -0.311 e. The van der Waals surface area contributed by atoms with Gasteiger partial charge in [0.2, 0.25) is 5.91 Å². The number of hydrogen-bond donors (Lipinski definition) is 0. The van der Waals surface area contributed by atoms with Crippen LogP contribution in [0.2, 0.25) is 5.02 Å². The van der Waals surface area contributed by atoms with Crippen molar-refractivity contribution in [2.75, 3.05) is 11.4 Å². The number of carbonyl (C=O) groups excluding carboxylic acids is 1. The first-order chi connectivity index (χ1) is 9.66. The molecule has 1 amide bonds. The molecule has 3 rings (SSSR count). The van der Waals surface area contributed by atoms with Gasteiger partial charge in [-0.25, -0.2) is 0 Å². The fraction of sp³-hybridized carbons (Fsp3) is 0.235. The molecular weight excluding hydrogens is 270 g/mol. The van der Waals surface area contributed by atoms with Gasteiger partial charge in [-0.15, -0.1) is 0 Å². The Bertz CT molecular complexity index is 666. The Hall–Kier alpha value is -1.80. The van der Waals surface area contributed by atoms with E-state index in [4.69, 9.17) is 11.6 Å². The van der Waals surface area contributed by atoms with E-state index in [2.05, 4.69) is 25.1 Å². The molecule has 1 aliphatic rings. The zero-order valence-electron chi connectivity index (χ0n) is 11.4. The van der Waals surface area contributed by atoms with Gasteiger partial charge < -0.3 is 4.90 Å². The highest BCUT2D eigenvalue weighted by molar-refractivity contribution is 6.31. The summed E-state index contributed by atoms with van der Waals surface area (Å²) in [5.74, 6) is 0.117. The third-order valence-corrected chi connectivity index (χ3v) is 4.17. The number of nitrogens with zero attached hydrogens (tertiary/aromatic N) is 1. The summed E-state index contributed by atoms with van der Waals surface area (Å²) in [5, 5.41) is 0.657. The van der Waals surface area contributed by atoms with Crippen molar-refractivity contribution in [3.8, 4) is 0 Å². The highest BCUT2D eigenvalue weighted by Gasteiger charge is 2.26. The number of aryl methyl sites for hydroxylation is 1. The monoisotopic (exact) mass is 285 g/mol. The van der Waals surface area contributed by atoms with Gasteiger partial charge in [0, 0.05) is 17.3 Å². The summed E-state index contributed by atoms with van der Waals surface area (Å²) in [6, 6.07) is 13.7. The lowest BCUT2D eigenvalue weighted by atomic mass is 10.1. The number of para-hydroxylation sites is 1. The minimum absolute atomic E-state index is 0.117. The number of fused-ring (bicyclic) bond motifs is 1. The third-order valence-electron chi connectivity index (χ3n) is 3.80. The molecule has 0 radical (unpaired) electrons. The first kappa shape index (κ1) is 13.2. The van der Waals surface area contributed by atoms with Gasteiger partial charge in [0.1, 0.15) is 0 Å². The second-order valence-electron chi connectivity index (χ2n) is 5.15. The summed E-state index contributed by atoms with van der Waals surface area (Å²) in [6.07, 6.45) is 1.29. The molecule has 0 saturated heterocycles. The molecule has 0 bridgehead atoms. The molecular formula is C17H16ClNO. The normalized spacial score (nSPS) is 13.4. The molecule has 0 atom stereocenters. The smallest absolute Gasteiger partial charge is 0.231 e. The van der Waals surface area contributed by atoms with E-state index in [0.717, 1.165) is 29.8 Å². The quantitative estimate of drug-likeness (QED) is 0.822. The van der Waals surface area contributed by atoms with Gasteiger partial charge in [0.25, 0.3) is 0 Å². The first-order valence-corrected chi connectivity index (χ1v) is 7.17. The highest BCUT2D eigenvalue weighted by atomic mass is 35.5. The van der Waals surface area contributed by atoms with Crippen LogP contribution < -0.4 is 4.90 Å². The van der Waals surface area contributed by atoms with Crippen LogP contribution in [0.5, 0.6) is 0 Å². The first-order valence-electron chi connectivity index (χ1n) is 6.79. The Morgan fingerprint density at radius 3 is 2.80 bits per heavy atom. The molecule has 20 heavy (non-hydrogen) atoms. The molecule has 3 heteroatoms. The van der Waals surface area contributed by atoms with E-state index in [1.165, 1.54) is 5.56 Å². The number of carbonyl (C=O) groups is 1. The Kier molecular flexibility index (Phi) is 3.49. The molecule has 0 N–H and O–H groups in total. The van der Waals surface area contributed by atoms with Gasteiger partial charge >= 0.3 is 0 Å². The lowest BCUT2D eigenvalue weighted by Crippen LogP contribution is -2.30. The predicted molar refractivity (Wildman–Crippen MR) is 82.4 cm³/mol. The molecule has 2 aromatic rings. The lowest BCUT2D eigenvalue weighted by molar-refractivity contribution is -0.117. The molecule has 0 aliphatic carbocycles. The van der Waals surface area contributed by atoms with E-state index < -0.39 is 0 Å². The van der Waals surface area contributed by atoms with Gasteiger partial charge in [-0.05, 0) is 36.1 Å². The maximum Gasteiger partial charge on any atom is 0.231 e. The van der Waals surface area contributed by atoms with Crippen LogP contribution in [0.4, 0.5) is 5.69 Å². The fourth-order valence-corrected chi connectivity index (χ4v) is 3.00. The van der Waals surface area contributed by atoms with Crippen molar-refractivity contribution in [2.24, 2.45) is 0 Å². The zero-order chi connectivity index (χ0) is 14.1. The fourth-order valence-electron chi connectivity index (χ4n) is 2.80. The van der Waals surface area contributed by atoms with Crippen molar-refractivity contribution in [1.82, 2.24) is 0 Å². The molecule has 0 saturated carbocycles. The number of hydrogen-bond acceptors (Lipinski definition) is 1. The average molecular weight is 286 g/mol. The molecule has 0 spiro atoms. The van der Waals surface area contributed by atoms with Crippen LogP contribution >= 0.6 is 11.6 Å². The van der Waals surface area contributed by atoms with Crippen LogP contribution in [-0.2, 0) is 17.6 Å². The van der Waals surface area contributed by atoms with E-state index in [0.29, 0.717) is 11.4 Å². The number of amides is 1. The van der Waals surface area contributed by atoms with Crippen LogP contribution in [-0.4, -0.2) is 12.5 Å². The van der Waals surface area contributed by atoms with Crippen molar-refractivity contribution < 1.29 is 4.79 Å². The van der Waals surface area contributed by atoms with Gasteiger partial charge in [-0.1, -0.05) is 48.0 Å². The Balaban J connectivity index is 1.86. The van der Waals surface area contributed by atoms with Crippen LogP contribution in [0.25, 0.3) is 0 Å². The second kappa shape index (κ2) is 5.29. The average Bonchev–Trinajstić information content (AvgIpc) is 2.87. The van der Waals surface area contributed by atoms with Crippen molar-refractivity contribution in [2.45, 2.75) is 19.8 Å². The molecule has 0 unspecified atom stereocenters. The molecule has 1 aliphatic heterocycles. The van der Waals surface area contributed by atoms with Crippen LogP contribution in [0.1, 0.15) is 16.7 Å². The molecule has 1 heterocycles. The van der Waals surface area contributed by atoms with E-state index in [-0.39, 0.29) is 5.91 Å². The van der Waals surface area contributed by atoms with Gasteiger partial charge in [0.05, 0.1) is 6.42 Å². The van der Waals surface area contributed by atoms with E-state index >= 15 is 0 Å². The number of anilines is 1. The summed E-state index contributed by atoms with van der Waals surface area (Å²) in [7, 11) is 0. The van der Waals surface area contributed by atoms with Gasteiger partial charge in [0.15, 0.2) is 0 Å². The van der Waals surface area contributed by atoms with E-state index in [9.17, 15) is 4.79 Å². The van der Waals surface area contributed by atoms with Crippen molar-refractivity contribution in [3.05, 3.63) is 64.2 Å².